The van der Waals surface area contributed by atoms with Gasteiger partial charge in [-0.3, -0.25) is 0 Å². The number of benzene rings is 2. The lowest BCUT2D eigenvalue weighted by Crippen LogP contribution is -2.22. The summed E-state index contributed by atoms with van der Waals surface area (Å²) in [7, 11) is 1.70. The molecular weight excluding hydrogens is 346 g/mol. The number of hydrogen-bond acceptors (Lipinski definition) is 3. The highest BCUT2D eigenvalue weighted by Gasteiger charge is 2.16. The second-order valence-electron chi connectivity index (χ2n) is 7.15. The molecule has 0 radical (unpaired) electrons. The van der Waals surface area contributed by atoms with Crippen LogP contribution >= 0.6 is 0 Å². The van der Waals surface area contributed by atoms with Gasteiger partial charge >= 0.3 is 0 Å². The summed E-state index contributed by atoms with van der Waals surface area (Å²) >= 11 is 0. The predicted octanol–water partition coefficient (Wildman–Crippen LogP) is 5.89. The van der Waals surface area contributed by atoms with E-state index in [-0.39, 0.29) is 6.04 Å². The minimum absolute atomic E-state index is 0.209. The Hall–Kier alpha value is -2.59. The van der Waals surface area contributed by atoms with E-state index in [0.717, 1.165) is 35.8 Å². The number of imidazole rings is 1. The Bertz CT molecular complexity index is 829. The van der Waals surface area contributed by atoms with Crippen molar-refractivity contribution >= 4 is 0 Å². The van der Waals surface area contributed by atoms with Crippen molar-refractivity contribution in [2.45, 2.75) is 51.6 Å². The normalized spacial score (nSPS) is 12.1. The highest BCUT2D eigenvalue weighted by atomic mass is 16.5. The number of hydrogen-bond donors (Lipinski definition) is 2. The predicted molar refractivity (Wildman–Crippen MR) is 115 cm³/mol. The quantitative estimate of drug-likeness (QED) is 0.410. The van der Waals surface area contributed by atoms with Crippen molar-refractivity contribution in [3.63, 3.8) is 0 Å². The van der Waals surface area contributed by atoms with Crippen molar-refractivity contribution in [3.05, 3.63) is 72.2 Å². The Kier molecular flexibility index (Phi) is 7.68. The molecule has 0 fully saturated rings. The number of H-pyrrole nitrogens is 1. The largest absolute Gasteiger partial charge is 0.496 e. The van der Waals surface area contributed by atoms with E-state index in [1.165, 1.54) is 31.2 Å². The Morgan fingerprint density at radius 3 is 2.57 bits per heavy atom. The molecule has 3 aromatic rings. The summed E-state index contributed by atoms with van der Waals surface area (Å²) in [6.45, 7) is 3.08. The number of aromatic amines is 1. The Labute approximate surface area is 168 Å². The number of aromatic nitrogens is 2. The first kappa shape index (κ1) is 20.2. The number of unbranched alkanes of at least 4 members (excludes halogenated alkanes) is 3. The van der Waals surface area contributed by atoms with Gasteiger partial charge < -0.3 is 15.0 Å². The molecule has 148 valence electrons. The fourth-order valence-corrected chi connectivity index (χ4v) is 3.47. The van der Waals surface area contributed by atoms with E-state index < -0.39 is 0 Å². The van der Waals surface area contributed by atoms with E-state index in [1.807, 2.05) is 24.4 Å². The Balaban J connectivity index is 1.74. The molecule has 0 saturated heterocycles. The van der Waals surface area contributed by atoms with Gasteiger partial charge in [-0.25, -0.2) is 4.98 Å². The average molecular weight is 378 g/mol. The van der Waals surface area contributed by atoms with Crippen molar-refractivity contribution in [3.8, 4) is 17.0 Å². The maximum atomic E-state index is 5.50. The second kappa shape index (κ2) is 10.7. The lowest BCUT2D eigenvalue weighted by molar-refractivity contribution is 0.416. The van der Waals surface area contributed by atoms with Gasteiger partial charge in [0, 0.05) is 12.1 Å². The summed E-state index contributed by atoms with van der Waals surface area (Å²) < 4.78 is 5.50. The standard InChI is InChI=1S/C24H31N3O/c1-3-4-5-9-15-21(25-17-19-12-7-6-8-13-19)24-26-18-22(27-24)20-14-10-11-16-23(20)28-2/h6-8,10-14,16,18,21,25H,3-5,9,15,17H2,1-2H3,(H,26,27)/t21-/m0/s1. The van der Waals surface area contributed by atoms with Gasteiger partial charge in [0.25, 0.3) is 0 Å². The molecule has 1 atom stereocenters. The maximum absolute atomic E-state index is 5.50. The highest BCUT2D eigenvalue weighted by molar-refractivity contribution is 5.66. The van der Waals surface area contributed by atoms with E-state index in [1.54, 1.807) is 7.11 Å². The summed E-state index contributed by atoms with van der Waals surface area (Å²) in [5, 5.41) is 3.70. The summed E-state index contributed by atoms with van der Waals surface area (Å²) in [4.78, 5) is 8.23. The monoisotopic (exact) mass is 377 g/mol. The van der Waals surface area contributed by atoms with E-state index in [9.17, 15) is 0 Å². The molecular formula is C24H31N3O. The number of para-hydroxylation sites is 1. The second-order valence-corrected chi connectivity index (χ2v) is 7.15. The van der Waals surface area contributed by atoms with Crippen LogP contribution in [0.4, 0.5) is 0 Å². The fourth-order valence-electron chi connectivity index (χ4n) is 3.47. The molecule has 0 aliphatic rings. The number of ether oxygens (including phenoxy) is 1. The Morgan fingerprint density at radius 2 is 1.79 bits per heavy atom. The molecule has 3 rings (SSSR count). The zero-order valence-electron chi connectivity index (χ0n) is 16.9. The van der Waals surface area contributed by atoms with Crippen LogP contribution in [-0.4, -0.2) is 17.1 Å². The van der Waals surface area contributed by atoms with Crippen LogP contribution in [0.5, 0.6) is 5.75 Å². The van der Waals surface area contributed by atoms with Crippen LogP contribution in [0.2, 0.25) is 0 Å². The third kappa shape index (κ3) is 5.46. The molecule has 0 saturated carbocycles. The van der Waals surface area contributed by atoms with Gasteiger partial charge in [0.05, 0.1) is 25.0 Å². The zero-order valence-corrected chi connectivity index (χ0v) is 16.9. The van der Waals surface area contributed by atoms with E-state index in [0.29, 0.717) is 0 Å². The van der Waals surface area contributed by atoms with Crippen LogP contribution in [0, 0.1) is 0 Å². The minimum atomic E-state index is 0.209. The highest BCUT2D eigenvalue weighted by Crippen LogP contribution is 2.29. The van der Waals surface area contributed by atoms with Gasteiger partial charge in [-0.05, 0) is 24.1 Å². The van der Waals surface area contributed by atoms with E-state index in [2.05, 4.69) is 53.6 Å². The minimum Gasteiger partial charge on any atom is -0.496 e. The van der Waals surface area contributed by atoms with Gasteiger partial charge in [-0.15, -0.1) is 0 Å². The van der Waals surface area contributed by atoms with Crippen molar-refractivity contribution in [1.82, 2.24) is 15.3 Å². The molecule has 28 heavy (non-hydrogen) atoms. The van der Waals surface area contributed by atoms with Crippen molar-refractivity contribution in [2.24, 2.45) is 0 Å². The number of nitrogens with one attached hydrogen (secondary N) is 2. The third-order valence-electron chi connectivity index (χ3n) is 5.06. The first-order valence-electron chi connectivity index (χ1n) is 10.3. The van der Waals surface area contributed by atoms with Crippen molar-refractivity contribution in [2.75, 3.05) is 7.11 Å². The van der Waals surface area contributed by atoms with Gasteiger partial charge in [0.2, 0.25) is 0 Å². The summed E-state index contributed by atoms with van der Waals surface area (Å²) in [6, 6.07) is 18.8. The molecule has 0 aliphatic carbocycles. The molecule has 0 aliphatic heterocycles. The summed E-state index contributed by atoms with van der Waals surface area (Å²) in [5.41, 5.74) is 3.32. The van der Waals surface area contributed by atoms with E-state index in [4.69, 9.17) is 9.72 Å². The molecule has 1 aromatic heterocycles. The Morgan fingerprint density at radius 1 is 1.00 bits per heavy atom. The molecule has 1 heterocycles. The van der Waals surface area contributed by atoms with Crippen LogP contribution < -0.4 is 10.1 Å². The van der Waals surface area contributed by atoms with Crippen LogP contribution in [0.15, 0.2) is 60.8 Å². The third-order valence-corrected chi connectivity index (χ3v) is 5.06. The molecule has 0 bridgehead atoms. The average Bonchev–Trinajstić information content (AvgIpc) is 3.24. The molecule has 0 spiro atoms. The lowest BCUT2D eigenvalue weighted by atomic mass is 10.1. The van der Waals surface area contributed by atoms with E-state index >= 15 is 0 Å². The first-order chi connectivity index (χ1) is 13.8. The summed E-state index contributed by atoms with van der Waals surface area (Å²) in [5.74, 6) is 1.85. The van der Waals surface area contributed by atoms with Crippen LogP contribution in [0.25, 0.3) is 11.3 Å². The molecule has 0 unspecified atom stereocenters. The van der Waals surface area contributed by atoms with Crippen LogP contribution in [0.3, 0.4) is 0 Å². The number of methoxy groups -OCH3 is 1. The van der Waals surface area contributed by atoms with Crippen LogP contribution in [0.1, 0.15) is 56.5 Å². The van der Waals surface area contributed by atoms with Crippen LogP contribution in [-0.2, 0) is 6.54 Å². The van der Waals surface area contributed by atoms with Gasteiger partial charge in [0.15, 0.2) is 0 Å². The topological polar surface area (TPSA) is 49.9 Å². The molecule has 2 N–H and O–H groups in total. The van der Waals surface area contributed by atoms with Gasteiger partial charge in [-0.2, -0.15) is 0 Å². The zero-order chi connectivity index (χ0) is 19.6. The van der Waals surface area contributed by atoms with Crippen molar-refractivity contribution < 1.29 is 4.74 Å². The molecule has 4 heteroatoms. The fraction of sp³-hybridized carbons (Fsp3) is 0.375. The molecule has 4 nitrogen and oxygen atoms in total. The van der Waals surface area contributed by atoms with Gasteiger partial charge in [-0.1, -0.05) is 75.1 Å². The summed E-state index contributed by atoms with van der Waals surface area (Å²) in [6.07, 6.45) is 7.99. The maximum Gasteiger partial charge on any atom is 0.128 e. The molecule has 2 aromatic carbocycles. The van der Waals surface area contributed by atoms with Gasteiger partial charge in [0.1, 0.15) is 11.6 Å². The molecule has 0 amide bonds. The SMILES string of the molecule is CCCCCC[C@H](NCc1ccccc1)c1ncc(-c2ccccc2OC)[nH]1. The lowest BCUT2D eigenvalue weighted by Gasteiger charge is -2.17. The number of rotatable bonds is 11. The van der Waals surface area contributed by atoms with Crippen molar-refractivity contribution in [1.29, 1.82) is 0 Å². The smallest absolute Gasteiger partial charge is 0.128 e. The number of nitrogens with zero attached hydrogens (tertiary/aromatic N) is 1. The first-order valence-corrected chi connectivity index (χ1v) is 10.3.